The lowest BCUT2D eigenvalue weighted by Crippen LogP contribution is -2.27. The van der Waals surface area contributed by atoms with Gasteiger partial charge in [0.1, 0.15) is 5.75 Å². The van der Waals surface area contributed by atoms with Crippen LogP contribution in [0.4, 0.5) is 0 Å². The topological polar surface area (TPSA) is 66.8 Å². The number of carbonyl (C=O) groups is 1. The summed E-state index contributed by atoms with van der Waals surface area (Å²) in [5.41, 5.74) is 0. The number of aliphatic carboxylic acids is 1. The SMILES string of the molecule is O=C(O)CCC/C=C\CC1[C@H](Cl)C[C@@H](O)[C@@H]1COc1cc(Cl)cc(Cl)c1. The average molecular weight is 422 g/mol. The number of allylic oxidation sites excluding steroid dienone is 2. The Hall–Kier alpha value is -0.940. The summed E-state index contributed by atoms with van der Waals surface area (Å²) in [5.74, 6) is -0.205. The smallest absolute Gasteiger partial charge is 0.303 e. The molecule has 0 radical (unpaired) electrons. The van der Waals surface area contributed by atoms with Gasteiger partial charge in [0.15, 0.2) is 0 Å². The molecule has 2 N–H and O–H groups in total. The first-order valence-electron chi connectivity index (χ1n) is 8.64. The molecule has 0 saturated heterocycles. The lowest BCUT2D eigenvalue weighted by atomic mass is 9.92. The molecule has 0 aliphatic heterocycles. The van der Waals surface area contributed by atoms with Crippen LogP contribution < -0.4 is 4.74 Å². The van der Waals surface area contributed by atoms with Crippen LogP contribution in [0.15, 0.2) is 30.4 Å². The van der Waals surface area contributed by atoms with Gasteiger partial charge in [0.25, 0.3) is 0 Å². The molecule has 1 aliphatic carbocycles. The van der Waals surface area contributed by atoms with Gasteiger partial charge in [-0.25, -0.2) is 0 Å². The van der Waals surface area contributed by atoms with Gasteiger partial charge in [-0.2, -0.15) is 0 Å². The third-order valence-corrected chi connectivity index (χ3v) is 5.53. The number of aliphatic hydroxyl groups is 1. The Morgan fingerprint density at radius 3 is 2.54 bits per heavy atom. The summed E-state index contributed by atoms with van der Waals surface area (Å²) in [6.07, 6.45) is 6.24. The molecule has 1 unspecified atom stereocenters. The number of unbranched alkanes of at least 4 members (excludes halogenated alkanes) is 1. The van der Waals surface area contributed by atoms with Crippen molar-refractivity contribution in [1.82, 2.24) is 0 Å². The van der Waals surface area contributed by atoms with Gasteiger partial charge in [-0.3, -0.25) is 4.79 Å². The molecule has 4 atom stereocenters. The first kappa shape index (κ1) is 21.4. The number of carboxylic acids is 1. The minimum Gasteiger partial charge on any atom is -0.493 e. The highest BCUT2D eigenvalue weighted by Crippen LogP contribution is 2.39. The summed E-state index contributed by atoms with van der Waals surface area (Å²) >= 11 is 18.4. The van der Waals surface area contributed by atoms with Gasteiger partial charge in [-0.15, -0.1) is 11.6 Å². The zero-order valence-electron chi connectivity index (χ0n) is 14.3. The molecule has 0 amide bonds. The van der Waals surface area contributed by atoms with Crippen molar-refractivity contribution in [3.05, 3.63) is 40.4 Å². The number of halogens is 3. The fourth-order valence-electron chi connectivity index (χ4n) is 3.24. The molecule has 7 heteroatoms. The Bertz CT molecular complexity index is 615. The highest BCUT2D eigenvalue weighted by molar-refractivity contribution is 6.34. The molecule has 1 aromatic carbocycles. The van der Waals surface area contributed by atoms with Crippen LogP contribution in [-0.4, -0.2) is 34.3 Å². The average Bonchev–Trinajstić information content (AvgIpc) is 2.81. The van der Waals surface area contributed by atoms with E-state index in [2.05, 4.69) is 0 Å². The second-order valence-electron chi connectivity index (χ2n) is 6.56. The number of aliphatic hydroxyl groups excluding tert-OH is 1. The molecule has 1 aliphatic rings. The molecule has 26 heavy (non-hydrogen) atoms. The predicted molar refractivity (Wildman–Crippen MR) is 104 cm³/mol. The van der Waals surface area contributed by atoms with Gasteiger partial charge >= 0.3 is 5.97 Å². The lowest BCUT2D eigenvalue weighted by Gasteiger charge is -2.22. The Kier molecular flexibility index (Phi) is 8.55. The van der Waals surface area contributed by atoms with Gasteiger partial charge in [0.2, 0.25) is 0 Å². The molecule has 0 aromatic heterocycles. The quantitative estimate of drug-likeness (QED) is 0.327. The molecule has 0 spiro atoms. The van der Waals surface area contributed by atoms with Crippen molar-refractivity contribution >= 4 is 40.8 Å². The van der Waals surface area contributed by atoms with E-state index in [0.717, 1.165) is 12.8 Å². The number of ether oxygens (including phenoxy) is 1. The summed E-state index contributed by atoms with van der Waals surface area (Å²) in [4.78, 5) is 10.5. The first-order chi connectivity index (χ1) is 12.4. The van der Waals surface area contributed by atoms with Crippen LogP contribution in [0.25, 0.3) is 0 Å². The minimum atomic E-state index is -0.781. The molecular weight excluding hydrogens is 399 g/mol. The van der Waals surface area contributed by atoms with Crippen molar-refractivity contribution in [1.29, 1.82) is 0 Å². The van der Waals surface area contributed by atoms with Crippen LogP contribution in [0.5, 0.6) is 5.75 Å². The highest BCUT2D eigenvalue weighted by atomic mass is 35.5. The zero-order valence-corrected chi connectivity index (χ0v) is 16.6. The monoisotopic (exact) mass is 420 g/mol. The largest absolute Gasteiger partial charge is 0.493 e. The van der Waals surface area contributed by atoms with Crippen molar-refractivity contribution in [2.24, 2.45) is 11.8 Å². The van der Waals surface area contributed by atoms with E-state index in [9.17, 15) is 9.90 Å². The van der Waals surface area contributed by atoms with E-state index in [4.69, 9.17) is 44.6 Å². The second kappa shape index (κ2) is 10.4. The van der Waals surface area contributed by atoms with Crippen LogP contribution in [0.2, 0.25) is 10.0 Å². The van der Waals surface area contributed by atoms with E-state index in [1.807, 2.05) is 12.2 Å². The molecule has 144 valence electrons. The lowest BCUT2D eigenvalue weighted by molar-refractivity contribution is -0.137. The summed E-state index contributed by atoms with van der Waals surface area (Å²) in [6.45, 7) is 0.332. The molecule has 0 heterocycles. The third kappa shape index (κ3) is 6.66. The van der Waals surface area contributed by atoms with Crippen LogP contribution in [-0.2, 0) is 4.79 Å². The van der Waals surface area contributed by atoms with E-state index in [1.54, 1.807) is 18.2 Å². The molecule has 1 aromatic rings. The molecule has 1 fully saturated rings. The Morgan fingerprint density at radius 1 is 1.19 bits per heavy atom. The fraction of sp³-hybridized carbons (Fsp3) is 0.526. The molecule has 4 nitrogen and oxygen atoms in total. The second-order valence-corrected chi connectivity index (χ2v) is 7.99. The maximum absolute atomic E-state index is 10.5. The molecule has 2 rings (SSSR count). The predicted octanol–water partition coefficient (Wildman–Crippen LogP) is 5.18. The third-order valence-electron chi connectivity index (χ3n) is 4.59. The van der Waals surface area contributed by atoms with Crippen molar-refractivity contribution < 1.29 is 19.7 Å². The van der Waals surface area contributed by atoms with Gasteiger partial charge in [0.05, 0.1) is 12.7 Å². The Labute approximate surface area is 168 Å². The van der Waals surface area contributed by atoms with Crippen LogP contribution in [0.3, 0.4) is 0 Å². The minimum absolute atomic E-state index is 0.0843. The van der Waals surface area contributed by atoms with Crippen LogP contribution >= 0.6 is 34.8 Å². The van der Waals surface area contributed by atoms with Gasteiger partial charge < -0.3 is 14.9 Å². The van der Waals surface area contributed by atoms with E-state index in [1.165, 1.54) is 0 Å². The molecule has 1 saturated carbocycles. The summed E-state index contributed by atoms with van der Waals surface area (Å²) in [5, 5.41) is 19.8. The van der Waals surface area contributed by atoms with Crippen LogP contribution in [0, 0.1) is 11.8 Å². The summed E-state index contributed by atoms with van der Waals surface area (Å²) in [6, 6.07) is 5.00. The zero-order chi connectivity index (χ0) is 19.1. The Morgan fingerprint density at radius 2 is 1.88 bits per heavy atom. The number of rotatable bonds is 9. The van der Waals surface area contributed by atoms with E-state index in [-0.39, 0.29) is 23.6 Å². The van der Waals surface area contributed by atoms with Crippen molar-refractivity contribution in [2.45, 2.75) is 43.6 Å². The maximum atomic E-state index is 10.5. The van der Waals surface area contributed by atoms with Gasteiger partial charge in [-0.1, -0.05) is 35.4 Å². The normalized spacial score (nSPS) is 25.7. The van der Waals surface area contributed by atoms with E-state index < -0.39 is 12.1 Å². The van der Waals surface area contributed by atoms with Gasteiger partial charge in [0, 0.05) is 27.8 Å². The maximum Gasteiger partial charge on any atom is 0.303 e. The number of carboxylic acid groups (broad SMARTS) is 1. The van der Waals surface area contributed by atoms with Crippen molar-refractivity contribution in [3.63, 3.8) is 0 Å². The number of hydrogen-bond acceptors (Lipinski definition) is 3. The highest BCUT2D eigenvalue weighted by Gasteiger charge is 2.41. The van der Waals surface area contributed by atoms with Crippen LogP contribution in [0.1, 0.15) is 32.1 Å². The van der Waals surface area contributed by atoms with E-state index >= 15 is 0 Å². The summed E-state index contributed by atoms with van der Waals surface area (Å²) < 4.78 is 5.79. The number of benzene rings is 1. The summed E-state index contributed by atoms with van der Waals surface area (Å²) in [7, 11) is 0. The van der Waals surface area contributed by atoms with Crippen molar-refractivity contribution in [3.8, 4) is 5.75 Å². The van der Waals surface area contributed by atoms with Crippen molar-refractivity contribution in [2.75, 3.05) is 6.61 Å². The first-order valence-corrected chi connectivity index (χ1v) is 9.84. The standard InChI is InChI=1S/C19H23Cl3O4/c20-12-7-13(21)9-14(8-12)26-11-16-15(17(22)10-18(16)23)5-3-1-2-4-6-19(24)25/h1,3,7-9,15-18,23H,2,4-6,10-11H2,(H,24,25)/b3-1-/t15?,16-,17-,18-/m1/s1. The Balaban J connectivity index is 1.88. The number of hydrogen-bond donors (Lipinski definition) is 2. The molecule has 0 bridgehead atoms. The number of alkyl halides is 1. The van der Waals surface area contributed by atoms with E-state index in [0.29, 0.717) is 35.2 Å². The fourth-order valence-corrected chi connectivity index (χ4v) is 4.22. The molecular formula is C19H23Cl3O4. The van der Waals surface area contributed by atoms with Gasteiger partial charge in [-0.05, 0) is 49.8 Å².